The number of urea groups is 1. The number of aromatic nitrogens is 1. The Labute approximate surface area is 163 Å². The van der Waals surface area contributed by atoms with Crippen molar-refractivity contribution in [3.8, 4) is 0 Å². The van der Waals surface area contributed by atoms with E-state index in [1.165, 1.54) is 16.2 Å². The highest BCUT2D eigenvalue weighted by Gasteiger charge is 2.50. The summed E-state index contributed by atoms with van der Waals surface area (Å²) in [5.41, 5.74) is 0.117. The van der Waals surface area contributed by atoms with Crippen LogP contribution in [-0.2, 0) is 16.9 Å². The van der Waals surface area contributed by atoms with Crippen molar-refractivity contribution in [1.82, 2.24) is 15.2 Å². The molecule has 1 aromatic heterocycles. The lowest BCUT2D eigenvalue weighted by Crippen LogP contribution is -2.41. The van der Waals surface area contributed by atoms with E-state index in [1.807, 2.05) is 24.3 Å². The van der Waals surface area contributed by atoms with E-state index >= 15 is 0 Å². The number of amides is 3. The SMILES string of the molecule is C[C@]1(c2ccc(Cl)cc2Cl)NC(=O)N(Cc2nc3ccccc3s2)C1=O. The van der Waals surface area contributed by atoms with Crippen molar-refractivity contribution in [2.45, 2.75) is 19.0 Å². The predicted molar refractivity (Wildman–Crippen MR) is 103 cm³/mol. The Hall–Kier alpha value is -2.15. The van der Waals surface area contributed by atoms with E-state index in [0.717, 1.165) is 10.2 Å². The molecule has 1 aliphatic heterocycles. The Balaban J connectivity index is 1.66. The van der Waals surface area contributed by atoms with Gasteiger partial charge in [-0.25, -0.2) is 9.78 Å². The van der Waals surface area contributed by atoms with Gasteiger partial charge in [-0.2, -0.15) is 0 Å². The number of para-hydroxylation sites is 1. The molecule has 3 aromatic rings. The maximum absolute atomic E-state index is 13.0. The molecule has 1 saturated heterocycles. The number of nitrogens with one attached hydrogen (secondary N) is 1. The van der Waals surface area contributed by atoms with Gasteiger partial charge >= 0.3 is 6.03 Å². The van der Waals surface area contributed by atoms with Gasteiger partial charge in [0.15, 0.2) is 0 Å². The fraction of sp³-hybridized carbons (Fsp3) is 0.167. The average Bonchev–Trinajstić information content (AvgIpc) is 3.09. The largest absolute Gasteiger partial charge is 0.325 e. The number of hydrogen-bond acceptors (Lipinski definition) is 4. The zero-order valence-corrected chi connectivity index (χ0v) is 16.0. The summed E-state index contributed by atoms with van der Waals surface area (Å²) in [6.45, 7) is 1.76. The number of halogens is 2. The van der Waals surface area contributed by atoms with Crippen LogP contribution in [0.1, 0.15) is 17.5 Å². The third kappa shape index (κ3) is 2.74. The van der Waals surface area contributed by atoms with Crippen LogP contribution in [-0.4, -0.2) is 21.8 Å². The quantitative estimate of drug-likeness (QED) is 0.649. The molecular weight excluding hydrogens is 393 g/mol. The first-order chi connectivity index (χ1) is 12.4. The second-order valence-corrected chi connectivity index (χ2v) is 8.10. The van der Waals surface area contributed by atoms with Crippen molar-refractivity contribution in [3.63, 3.8) is 0 Å². The van der Waals surface area contributed by atoms with Crippen LogP contribution in [0.25, 0.3) is 10.2 Å². The van der Waals surface area contributed by atoms with Crippen molar-refractivity contribution in [3.05, 3.63) is 63.1 Å². The first-order valence-electron chi connectivity index (χ1n) is 7.82. The number of hydrogen-bond donors (Lipinski definition) is 1. The van der Waals surface area contributed by atoms with E-state index in [2.05, 4.69) is 10.3 Å². The van der Waals surface area contributed by atoms with Gasteiger partial charge in [-0.1, -0.05) is 41.4 Å². The summed E-state index contributed by atoms with van der Waals surface area (Å²) in [4.78, 5) is 31.2. The molecule has 0 saturated carbocycles. The normalized spacial score (nSPS) is 20.0. The molecule has 0 spiro atoms. The topological polar surface area (TPSA) is 62.3 Å². The van der Waals surface area contributed by atoms with E-state index in [9.17, 15) is 9.59 Å². The van der Waals surface area contributed by atoms with Gasteiger partial charge in [-0.15, -0.1) is 11.3 Å². The van der Waals surface area contributed by atoms with Crippen LogP contribution < -0.4 is 5.32 Å². The zero-order valence-electron chi connectivity index (χ0n) is 13.6. The first kappa shape index (κ1) is 17.3. The Morgan fingerprint density at radius 1 is 1.19 bits per heavy atom. The smallest absolute Gasteiger partial charge is 0.319 e. The minimum absolute atomic E-state index is 0.116. The van der Waals surface area contributed by atoms with Gasteiger partial charge in [0.2, 0.25) is 0 Å². The van der Waals surface area contributed by atoms with E-state index in [0.29, 0.717) is 20.6 Å². The summed E-state index contributed by atoms with van der Waals surface area (Å²) >= 11 is 13.7. The van der Waals surface area contributed by atoms with Crippen molar-refractivity contribution in [1.29, 1.82) is 0 Å². The van der Waals surface area contributed by atoms with Gasteiger partial charge < -0.3 is 5.32 Å². The highest BCUT2D eigenvalue weighted by molar-refractivity contribution is 7.18. The maximum Gasteiger partial charge on any atom is 0.325 e. The van der Waals surface area contributed by atoms with E-state index in [4.69, 9.17) is 23.2 Å². The fourth-order valence-corrected chi connectivity index (χ4v) is 4.59. The van der Waals surface area contributed by atoms with E-state index in [-0.39, 0.29) is 12.5 Å². The van der Waals surface area contributed by atoms with Crippen molar-refractivity contribution < 1.29 is 9.59 Å². The first-order valence-corrected chi connectivity index (χ1v) is 9.40. The van der Waals surface area contributed by atoms with Crippen LogP contribution in [0, 0.1) is 0 Å². The van der Waals surface area contributed by atoms with E-state index in [1.54, 1.807) is 25.1 Å². The van der Waals surface area contributed by atoms with Crippen LogP contribution in [0.15, 0.2) is 42.5 Å². The molecule has 132 valence electrons. The standard InChI is InChI=1S/C18H13Cl2N3O2S/c1-18(11-7-6-10(19)8-12(11)20)16(24)23(17(25)22-18)9-15-21-13-4-2-3-5-14(13)26-15/h2-8H,9H2,1H3,(H,22,25)/t18-/m1/s1. The number of imide groups is 1. The lowest BCUT2D eigenvalue weighted by Gasteiger charge is -2.23. The summed E-state index contributed by atoms with van der Waals surface area (Å²) in [5.74, 6) is -0.369. The third-order valence-electron chi connectivity index (χ3n) is 4.38. The molecule has 1 N–H and O–H groups in total. The molecular formula is C18H13Cl2N3O2S. The average molecular weight is 406 g/mol. The van der Waals surface area contributed by atoms with Crippen LogP contribution >= 0.6 is 34.5 Å². The summed E-state index contributed by atoms with van der Waals surface area (Å²) in [7, 11) is 0. The second-order valence-electron chi connectivity index (χ2n) is 6.15. The molecule has 1 fully saturated rings. The molecule has 0 aliphatic carbocycles. The van der Waals surface area contributed by atoms with Crippen molar-refractivity contribution >= 4 is 56.7 Å². The van der Waals surface area contributed by atoms with Gasteiger partial charge in [0.1, 0.15) is 10.5 Å². The van der Waals surface area contributed by atoms with Gasteiger partial charge in [0.25, 0.3) is 5.91 Å². The van der Waals surface area contributed by atoms with Gasteiger partial charge in [0, 0.05) is 15.6 Å². The minimum Gasteiger partial charge on any atom is -0.319 e. The number of thiazole rings is 1. The molecule has 26 heavy (non-hydrogen) atoms. The molecule has 0 bridgehead atoms. The van der Waals surface area contributed by atoms with Crippen LogP contribution in [0.2, 0.25) is 10.0 Å². The molecule has 8 heteroatoms. The molecule has 1 atom stereocenters. The van der Waals surface area contributed by atoms with Crippen LogP contribution in [0.5, 0.6) is 0 Å². The molecule has 4 rings (SSSR count). The van der Waals surface area contributed by atoms with E-state index < -0.39 is 11.6 Å². The highest BCUT2D eigenvalue weighted by Crippen LogP contribution is 2.36. The predicted octanol–water partition coefficient (Wildman–Crippen LogP) is 4.57. The number of fused-ring (bicyclic) bond motifs is 1. The Morgan fingerprint density at radius 3 is 2.69 bits per heavy atom. The molecule has 0 unspecified atom stereocenters. The number of carbonyl (C=O) groups excluding carboxylic acids is 2. The number of rotatable bonds is 3. The monoisotopic (exact) mass is 405 g/mol. The van der Waals surface area contributed by atoms with Crippen LogP contribution in [0.3, 0.4) is 0 Å². The number of nitrogens with zero attached hydrogens (tertiary/aromatic N) is 2. The van der Waals surface area contributed by atoms with Gasteiger partial charge in [-0.05, 0) is 31.2 Å². The van der Waals surface area contributed by atoms with Gasteiger partial charge in [-0.3, -0.25) is 9.69 Å². The lowest BCUT2D eigenvalue weighted by molar-refractivity contribution is -0.131. The molecule has 2 heterocycles. The zero-order chi connectivity index (χ0) is 18.5. The molecule has 5 nitrogen and oxygen atoms in total. The lowest BCUT2D eigenvalue weighted by atomic mass is 9.92. The molecule has 2 aromatic carbocycles. The second kappa shape index (κ2) is 6.23. The molecule has 3 amide bonds. The molecule has 1 aliphatic rings. The Morgan fingerprint density at radius 2 is 1.96 bits per heavy atom. The Kier molecular flexibility index (Phi) is 4.14. The van der Waals surface area contributed by atoms with Crippen molar-refractivity contribution in [2.75, 3.05) is 0 Å². The third-order valence-corrected chi connectivity index (χ3v) is 5.95. The summed E-state index contributed by atoms with van der Waals surface area (Å²) in [5, 5.41) is 4.24. The van der Waals surface area contributed by atoms with Gasteiger partial charge in [0.05, 0.1) is 16.8 Å². The Bertz CT molecular complexity index is 1020. The minimum atomic E-state index is -1.24. The van der Waals surface area contributed by atoms with Crippen molar-refractivity contribution in [2.24, 2.45) is 0 Å². The number of carbonyl (C=O) groups is 2. The maximum atomic E-state index is 13.0. The molecule has 0 radical (unpaired) electrons. The summed E-state index contributed by atoms with van der Waals surface area (Å²) in [6.07, 6.45) is 0. The van der Waals surface area contributed by atoms with Crippen LogP contribution in [0.4, 0.5) is 4.79 Å². The summed E-state index contributed by atoms with van der Waals surface area (Å²) < 4.78 is 1.01. The fourth-order valence-electron chi connectivity index (χ4n) is 3.04. The number of benzene rings is 2. The highest BCUT2D eigenvalue weighted by atomic mass is 35.5. The summed E-state index contributed by atoms with van der Waals surface area (Å²) in [6, 6.07) is 12.1.